The van der Waals surface area contributed by atoms with Gasteiger partial charge in [-0.1, -0.05) is 17.7 Å². The van der Waals surface area contributed by atoms with Crippen molar-refractivity contribution in [2.24, 2.45) is 10.9 Å². The number of benzene rings is 2. The molecular weight excluding hydrogens is 618 g/mol. The molecule has 0 aromatic heterocycles. The van der Waals surface area contributed by atoms with E-state index in [1.54, 1.807) is 13.8 Å². The number of aliphatic hydroxyl groups is 3. The van der Waals surface area contributed by atoms with Gasteiger partial charge >= 0.3 is 5.97 Å². The summed E-state index contributed by atoms with van der Waals surface area (Å²) < 4.78 is 24.1. The highest BCUT2D eigenvalue weighted by atomic mass is 16.6. The Morgan fingerprint density at radius 2 is 2.02 bits per heavy atom. The number of aliphatic hydroxyl groups excluding tert-OH is 2. The predicted octanol–water partition coefficient (Wildman–Crippen LogP) is 2.30. The fourth-order valence-corrected chi connectivity index (χ4v) is 8.29. The van der Waals surface area contributed by atoms with Crippen LogP contribution in [0.5, 0.6) is 17.2 Å². The van der Waals surface area contributed by atoms with Crippen LogP contribution in [0.15, 0.2) is 40.1 Å². The van der Waals surface area contributed by atoms with Crippen LogP contribution >= 0.6 is 0 Å². The molecule has 3 heterocycles. The Labute approximate surface area is 277 Å². The third-order valence-electron chi connectivity index (χ3n) is 10.5. The highest BCUT2D eigenvalue weighted by Crippen LogP contribution is 2.61. The maximum Gasteiger partial charge on any atom is 0.375 e. The number of nitrogens with zero attached hydrogens (tertiary/aromatic N) is 1. The summed E-state index contributed by atoms with van der Waals surface area (Å²) in [5.74, 6) is -2.33. The van der Waals surface area contributed by atoms with Crippen molar-refractivity contribution >= 4 is 29.7 Å². The van der Waals surface area contributed by atoms with Crippen molar-refractivity contribution in [2.75, 3.05) is 26.9 Å². The molecule has 2 fully saturated rings. The molecule has 7 rings (SSSR count). The standard InChI is InChI=1S/C37H39NO10/c1-4-46-36(43)33-24(16-40)27(20-13-21(15-39)30(42)23(14-20)18-7-8-26-19(12-18)9-11-38-26)29-32(47-33)25(17-41)31-28(34(29)45-3)22-6-5-10-37(2,44)35(22)48-31/h7-9,12,16,21-23,35,39,41,44H,4-6,10-11,13-15,17H2,1-3H3. The quantitative estimate of drug-likeness (QED) is 0.298. The number of Topliss-reactive ketones (excluding diaryl/α,β-unsaturated/α-hetero) is 1. The number of esters is 1. The molecule has 2 aliphatic carbocycles. The van der Waals surface area contributed by atoms with Gasteiger partial charge in [-0.3, -0.25) is 14.6 Å². The number of fused-ring (bicyclic) bond motifs is 5. The topological polar surface area (TPSA) is 161 Å². The average molecular weight is 658 g/mol. The van der Waals surface area contributed by atoms with Crippen LogP contribution in [-0.4, -0.2) is 71.9 Å². The molecule has 0 amide bonds. The Balaban J connectivity index is 1.51. The minimum absolute atomic E-state index is 0.0172. The number of methoxy groups -OCH3 is 1. The van der Waals surface area contributed by atoms with Gasteiger partial charge in [0.15, 0.2) is 6.29 Å². The average Bonchev–Trinajstić information content (AvgIpc) is 3.72. The number of hydrogen-bond donors (Lipinski definition) is 3. The molecule has 5 aliphatic rings. The van der Waals surface area contributed by atoms with Crippen LogP contribution in [0.25, 0.3) is 11.6 Å². The lowest BCUT2D eigenvalue weighted by atomic mass is 9.70. The van der Waals surface area contributed by atoms with Gasteiger partial charge in [-0.15, -0.1) is 0 Å². The predicted molar refractivity (Wildman–Crippen MR) is 172 cm³/mol. The SMILES string of the molecule is CCOC(=O)C1=C(C=O)C(=C2CC(CO)C(=O)C(c3ccc4c(c3)=CCN=4)C2)c2c(c(CO)c3c(c2OC)C2CCCC(C)(O)C2O3)O1. The molecule has 11 heteroatoms. The molecule has 0 radical (unpaired) electrons. The van der Waals surface area contributed by atoms with E-state index in [0.29, 0.717) is 59.4 Å². The third-order valence-corrected chi connectivity index (χ3v) is 10.5. The van der Waals surface area contributed by atoms with Gasteiger partial charge in [0, 0.05) is 28.9 Å². The minimum atomic E-state index is -1.16. The van der Waals surface area contributed by atoms with Crippen molar-refractivity contribution in [1.29, 1.82) is 0 Å². The van der Waals surface area contributed by atoms with E-state index in [1.165, 1.54) is 7.11 Å². The van der Waals surface area contributed by atoms with Crippen LogP contribution in [0.1, 0.15) is 80.0 Å². The molecule has 2 aromatic rings. The largest absolute Gasteiger partial charge is 0.496 e. The van der Waals surface area contributed by atoms with E-state index >= 15 is 0 Å². The summed E-state index contributed by atoms with van der Waals surface area (Å²) in [4.78, 5) is 44.8. The summed E-state index contributed by atoms with van der Waals surface area (Å²) in [6, 6.07) is 5.69. The zero-order valence-electron chi connectivity index (χ0n) is 27.2. The van der Waals surface area contributed by atoms with E-state index in [1.807, 2.05) is 24.3 Å². The van der Waals surface area contributed by atoms with Crippen molar-refractivity contribution in [3.63, 3.8) is 0 Å². The molecule has 5 atom stereocenters. The molecule has 0 bridgehead atoms. The first-order chi connectivity index (χ1) is 23.2. The van der Waals surface area contributed by atoms with Gasteiger partial charge in [0.05, 0.1) is 61.1 Å². The number of rotatable bonds is 7. The molecule has 252 valence electrons. The van der Waals surface area contributed by atoms with Gasteiger partial charge in [0.1, 0.15) is 29.1 Å². The van der Waals surface area contributed by atoms with Gasteiger partial charge in [-0.25, -0.2) is 4.79 Å². The van der Waals surface area contributed by atoms with Crippen LogP contribution in [0.4, 0.5) is 0 Å². The van der Waals surface area contributed by atoms with Gasteiger partial charge in [-0.2, -0.15) is 0 Å². The first-order valence-corrected chi connectivity index (χ1v) is 16.5. The summed E-state index contributed by atoms with van der Waals surface area (Å²) in [7, 11) is 1.49. The minimum Gasteiger partial charge on any atom is -0.496 e. The monoisotopic (exact) mass is 657 g/mol. The molecule has 0 saturated heterocycles. The second-order valence-electron chi connectivity index (χ2n) is 13.3. The smallest absolute Gasteiger partial charge is 0.375 e. The first-order valence-electron chi connectivity index (χ1n) is 16.5. The van der Waals surface area contributed by atoms with Gasteiger partial charge in [0.25, 0.3) is 0 Å². The fraction of sp³-hybridized carbons (Fsp3) is 0.459. The number of carbonyl (C=O) groups excluding carboxylic acids is 3. The number of hydrogen-bond acceptors (Lipinski definition) is 11. The molecule has 2 saturated carbocycles. The van der Waals surface area contributed by atoms with Crippen molar-refractivity contribution in [2.45, 2.75) is 76.1 Å². The molecular formula is C37H39NO10. The van der Waals surface area contributed by atoms with E-state index in [9.17, 15) is 29.7 Å². The summed E-state index contributed by atoms with van der Waals surface area (Å²) >= 11 is 0. The van der Waals surface area contributed by atoms with E-state index in [-0.39, 0.29) is 53.8 Å². The van der Waals surface area contributed by atoms with Gasteiger partial charge in [-0.05, 0) is 68.9 Å². The maximum absolute atomic E-state index is 13.8. The molecule has 0 spiro atoms. The van der Waals surface area contributed by atoms with Crippen molar-refractivity contribution in [3.8, 4) is 17.2 Å². The van der Waals surface area contributed by atoms with Crippen molar-refractivity contribution in [1.82, 2.24) is 0 Å². The van der Waals surface area contributed by atoms with E-state index in [4.69, 9.17) is 18.9 Å². The molecule has 11 nitrogen and oxygen atoms in total. The zero-order valence-corrected chi connectivity index (χ0v) is 27.2. The van der Waals surface area contributed by atoms with Crippen LogP contribution in [0, 0.1) is 5.92 Å². The van der Waals surface area contributed by atoms with Crippen molar-refractivity contribution in [3.05, 3.63) is 67.9 Å². The maximum atomic E-state index is 13.8. The summed E-state index contributed by atoms with van der Waals surface area (Å²) in [6.07, 6.45) is 4.17. The first kappa shape index (κ1) is 32.2. The van der Waals surface area contributed by atoms with Crippen LogP contribution in [-0.2, 0) is 25.7 Å². The van der Waals surface area contributed by atoms with Gasteiger partial charge in [0.2, 0.25) is 5.76 Å². The Kier molecular flexibility index (Phi) is 8.25. The molecule has 3 N–H and O–H groups in total. The lowest BCUT2D eigenvalue weighted by Gasteiger charge is -2.38. The lowest BCUT2D eigenvalue weighted by molar-refractivity contribution is -0.141. The Morgan fingerprint density at radius 1 is 1.21 bits per heavy atom. The van der Waals surface area contributed by atoms with E-state index < -0.39 is 42.7 Å². The number of carbonyl (C=O) groups is 3. The van der Waals surface area contributed by atoms with Crippen LogP contribution < -0.4 is 24.8 Å². The van der Waals surface area contributed by atoms with E-state index in [0.717, 1.165) is 22.6 Å². The van der Waals surface area contributed by atoms with Crippen LogP contribution in [0.3, 0.4) is 0 Å². The zero-order chi connectivity index (χ0) is 33.9. The molecule has 5 unspecified atom stereocenters. The van der Waals surface area contributed by atoms with E-state index in [2.05, 4.69) is 4.99 Å². The highest BCUT2D eigenvalue weighted by Gasteiger charge is 2.52. The van der Waals surface area contributed by atoms with Gasteiger partial charge < -0.3 is 34.3 Å². The van der Waals surface area contributed by atoms with Crippen molar-refractivity contribution < 1.29 is 48.7 Å². The Bertz CT molecular complexity index is 1920. The number of ether oxygens (including phenoxy) is 4. The molecule has 48 heavy (non-hydrogen) atoms. The lowest BCUT2D eigenvalue weighted by Crippen LogP contribution is -2.47. The Hall–Kier alpha value is -4.32. The number of ketones is 1. The third kappa shape index (κ3) is 4.90. The van der Waals surface area contributed by atoms with Crippen LogP contribution in [0.2, 0.25) is 0 Å². The summed E-state index contributed by atoms with van der Waals surface area (Å²) in [6.45, 7) is 2.99. The summed E-state index contributed by atoms with van der Waals surface area (Å²) in [5.41, 5.74) is 1.77. The Morgan fingerprint density at radius 3 is 2.73 bits per heavy atom. The second kappa shape index (κ2) is 12.3. The molecule has 3 aliphatic heterocycles. The highest BCUT2D eigenvalue weighted by molar-refractivity contribution is 6.11. The summed E-state index contributed by atoms with van der Waals surface area (Å²) in [5, 5.41) is 34.4. The second-order valence-corrected chi connectivity index (χ2v) is 13.3. The molecule has 2 aromatic carbocycles. The number of allylic oxidation sites excluding steroid dienone is 3. The fourth-order valence-electron chi connectivity index (χ4n) is 8.29. The normalized spacial score (nSPS) is 28.6. The number of aldehydes is 1.